The van der Waals surface area contributed by atoms with E-state index in [0.29, 0.717) is 16.9 Å². The van der Waals surface area contributed by atoms with Crippen LogP contribution in [0.15, 0.2) is 78.9 Å². The average Bonchev–Trinajstić information content (AvgIpc) is 2.92. The highest BCUT2D eigenvalue weighted by Gasteiger charge is 2.26. The fourth-order valence-electron chi connectivity index (χ4n) is 4.50. The standard InChI is InChI=1S/C29H31ClN4O5S.2ClH/c30-26-19-24(11-12-27(26)39-25-13-16-33(17-14-25)23-9-2-1-3-10-23)34(40(37,38)20-28(35)36)15-5-7-21-6-4-8-22(18-21)29(31)32;;/h1-12,18-19,25H,13-17,20H2,(H3,31,32)(H,35,36);2*1H/b7-5+;;. The third-order valence-corrected chi connectivity index (χ3v) is 8.42. The van der Waals surface area contributed by atoms with E-state index in [1.165, 1.54) is 11.8 Å². The second-order valence-electron chi connectivity index (χ2n) is 9.38. The topological polar surface area (TPSA) is 137 Å². The molecule has 42 heavy (non-hydrogen) atoms. The quantitative estimate of drug-likeness (QED) is 0.185. The number of sulfonamides is 1. The molecular weight excluding hydrogens is 623 g/mol. The normalized spacial score (nSPS) is 13.6. The number of carboxylic acid groups (broad SMARTS) is 1. The maximum Gasteiger partial charge on any atom is 0.320 e. The second-order valence-corrected chi connectivity index (χ2v) is 11.7. The van der Waals surface area contributed by atoms with E-state index in [9.17, 15) is 18.3 Å². The van der Waals surface area contributed by atoms with Gasteiger partial charge in [-0.25, -0.2) is 8.42 Å². The summed E-state index contributed by atoms with van der Waals surface area (Å²) in [5.41, 5.74) is 8.18. The first-order valence-corrected chi connectivity index (χ1v) is 14.7. The molecule has 1 aliphatic rings. The van der Waals surface area contributed by atoms with Crippen LogP contribution in [0.3, 0.4) is 0 Å². The number of benzene rings is 3. The van der Waals surface area contributed by atoms with Gasteiger partial charge >= 0.3 is 5.97 Å². The fraction of sp³-hybridized carbons (Fsp3) is 0.241. The van der Waals surface area contributed by atoms with Crippen LogP contribution >= 0.6 is 36.4 Å². The Labute approximate surface area is 263 Å². The number of rotatable bonds is 11. The molecule has 1 fully saturated rings. The van der Waals surface area contributed by atoms with Crippen LogP contribution in [0.25, 0.3) is 6.08 Å². The first-order chi connectivity index (χ1) is 19.1. The van der Waals surface area contributed by atoms with Crippen LogP contribution in [0, 0.1) is 5.41 Å². The summed E-state index contributed by atoms with van der Waals surface area (Å²) in [6.45, 7) is 1.55. The van der Waals surface area contributed by atoms with Crippen molar-refractivity contribution in [2.75, 3.05) is 34.6 Å². The number of anilines is 2. The highest BCUT2D eigenvalue weighted by Crippen LogP contribution is 2.33. The number of amidine groups is 1. The van der Waals surface area contributed by atoms with E-state index in [0.717, 1.165) is 30.2 Å². The lowest BCUT2D eigenvalue weighted by Gasteiger charge is -2.34. The van der Waals surface area contributed by atoms with Crippen LogP contribution in [-0.2, 0) is 14.8 Å². The van der Waals surface area contributed by atoms with Crippen LogP contribution < -0.4 is 19.7 Å². The lowest BCUT2D eigenvalue weighted by Crippen LogP contribution is -2.38. The number of nitrogen functional groups attached to an aromatic ring is 1. The molecule has 0 atom stereocenters. The largest absolute Gasteiger partial charge is 0.489 e. The van der Waals surface area contributed by atoms with E-state index in [1.807, 2.05) is 18.2 Å². The third-order valence-electron chi connectivity index (χ3n) is 6.48. The minimum absolute atomic E-state index is 0. The number of piperidine rings is 1. The highest BCUT2D eigenvalue weighted by atomic mass is 35.5. The lowest BCUT2D eigenvalue weighted by atomic mass is 10.1. The van der Waals surface area contributed by atoms with E-state index in [1.54, 1.807) is 48.6 Å². The van der Waals surface area contributed by atoms with Gasteiger partial charge in [0.25, 0.3) is 0 Å². The Morgan fingerprint density at radius 1 is 1.07 bits per heavy atom. The molecule has 3 aromatic rings. The molecule has 0 aliphatic carbocycles. The molecule has 4 N–H and O–H groups in total. The summed E-state index contributed by atoms with van der Waals surface area (Å²) in [4.78, 5) is 13.6. The van der Waals surface area contributed by atoms with E-state index >= 15 is 0 Å². The Morgan fingerprint density at radius 2 is 1.76 bits per heavy atom. The predicted octanol–water partition coefficient (Wildman–Crippen LogP) is 5.45. The highest BCUT2D eigenvalue weighted by molar-refractivity contribution is 7.93. The van der Waals surface area contributed by atoms with Gasteiger partial charge in [0, 0.05) is 37.2 Å². The number of para-hydroxylation sites is 1. The molecule has 3 aromatic carbocycles. The van der Waals surface area contributed by atoms with Crippen molar-refractivity contribution in [1.29, 1.82) is 5.41 Å². The molecule has 1 aliphatic heterocycles. The number of carboxylic acids is 1. The van der Waals surface area contributed by atoms with Gasteiger partial charge < -0.3 is 20.5 Å². The van der Waals surface area contributed by atoms with Crippen LogP contribution in [0.1, 0.15) is 24.0 Å². The summed E-state index contributed by atoms with van der Waals surface area (Å²) >= 11 is 6.53. The van der Waals surface area contributed by atoms with E-state index in [4.69, 9.17) is 27.5 Å². The zero-order valence-corrected chi connectivity index (χ0v) is 25.8. The van der Waals surface area contributed by atoms with Gasteiger partial charge in [0.15, 0.2) is 5.75 Å². The smallest absolute Gasteiger partial charge is 0.320 e. The fourth-order valence-corrected chi connectivity index (χ4v) is 5.93. The molecule has 1 heterocycles. The predicted molar refractivity (Wildman–Crippen MR) is 174 cm³/mol. The van der Waals surface area contributed by atoms with E-state index in [2.05, 4.69) is 17.0 Å². The Kier molecular flexibility index (Phi) is 13.0. The number of halogens is 3. The second kappa shape index (κ2) is 15.7. The SMILES string of the molecule is Cl.Cl.N=C(N)c1cccc(/C=C/CN(c2ccc(OC3CCN(c4ccccc4)CC3)c(Cl)c2)S(=O)(=O)CC(=O)O)c1. The first-order valence-electron chi connectivity index (χ1n) is 12.7. The molecule has 4 rings (SSSR count). The lowest BCUT2D eigenvalue weighted by molar-refractivity contribution is -0.134. The summed E-state index contributed by atoms with van der Waals surface area (Å²) in [5.74, 6) is -2.18. The monoisotopic (exact) mass is 654 g/mol. The minimum atomic E-state index is -4.22. The number of nitrogens with two attached hydrogens (primary N) is 1. The van der Waals surface area contributed by atoms with Crippen molar-refractivity contribution >= 4 is 75.7 Å². The van der Waals surface area contributed by atoms with Crippen molar-refractivity contribution in [3.63, 3.8) is 0 Å². The number of ether oxygens (including phenoxy) is 1. The van der Waals surface area contributed by atoms with Gasteiger partial charge in [0.2, 0.25) is 10.0 Å². The Morgan fingerprint density at radius 3 is 2.38 bits per heavy atom. The first kappa shape index (κ1) is 34.8. The summed E-state index contributed by atoms with van der Waals surface area (Å²) < 4.78 is 33.1. The number of nitrogens with zero attached hydrogens (tertiary/aromatic N) is 2. The molecule has 0 saturated carbocycles. The van der Waals surface area contributed by atoms with Gasteiger partial charge in [0.1, 0.15) is 17.7 Å². The van der Waals surface area contributed by atoms with Crippen molar-refractivity contribution in [2.24, 2.45) is 5.73 Å². The molecular formula is C29H33Cl3N4O5S. The zero-order valence-electron chi connectivity index (χ0n) is 22.6. The Bertz CT molecular complexity index is 1500. The Hall–Kier alpha value is -3.44. The van der Waals surface area contributed by atoms with Crippen molar-refractivity contribution in [1.82, 2.24) is 0 Å². The molecule has 13 heteroatoms. The molecule has 0 bridgehead atoms. The van der Waals surface area contributed by atoms with Crippen molar-refractivity contribution in [2.45, 2.75) is 18.9 Å². The molecule has 0 spiro atoms. The van der Waals surface area contributed by atoms with Crippen LogP contribution in [0.5, 0.6) is 5.75 Å². The number of carbonyl (C=O) groups is 1. The van der Waals surface area contributed by atoms with Crippen molar-refractivity contribution in [3.05, 3.63) is 95.0 Å². The van der Waals surface area contributed by atoms with Gasteiger partial charge in [-0.1, -0.05) is 60.2 Å². The van der Waals surface area contributed by atoms with Gasteiger partial charge in [-0.3, -0.25) is 14.5 Å². The van der Waals surface area contributed by atoms with Gasteiger partial charge in [-0.2, -0.15) is 0 Å². The van der Waals surface area contributed by atoms with Crippen LogP contribution in [0.4, 0.5) is 11.4 Å². The van der Waals surface area contributed by atoms with E-state index < -0.39 is 21.7 Å². The summed E-state index contributed by atoms with van der Waals surface area (Å²) in [6, 6.07) is 21.7. The molecule has 0 unspecified atom stereocenters. The molecule has 0 amide bonds. The molecule has 0 radical (unpaired) electrons. The summed E-state index contributed by atoms with van der Waals surface area (Å²) in [7, 11) is -4.22. The van der Waals surface area contributed by atoms with Crippen molar-refractivity contribution in [3.8, 4) is 5.75 Å². The number of hydrogen-bond acceptors (Lipinski definition) is 6. The van der Waals surface area contributed by atoms with Gasteiger partial charge in [-0.15, -0.1) is 24.8 Å². The number of nitrogens with one attached hydrogen (secondary N) is 1. The Balaban J connectivity index is 0.00000308. The van der Waals surface area contributed by atoms with E-state index in [-0.39, 0.29) is 54.0 Å². The summed E-state index contributed by atoms with van der Waals surface area (Å²) in [5, 5.41) is 17.0. The summed E-state index contributed by atoms with van der Waals surface area (Å²) in [6.07, 6.45) is 4.85. The van der Waals surface area contributed by atoms with Crippen molar-refractivity contribution < 1.29 is 23.1 Å². The number of aliphatic carboxylic acids is 1. The molecule has 9 nitrogen and oxygen atoms in total. The zero-order chi connectivity index (χ0) is 28.7. The van der Waals surface area contributed by atoms with Gasteiger partial charge in [-0.05, 0) is 42.0 Å². The third kappa shape index (κ3) is 9.29. The van der Waals surface area contributed by atoms with Gasteiger partial charge in [0.05, 0.1) is 17.3 Å². The minimum Gasteiger partial charge on any atom is -0.489 e. The maximum atomic E-state index is 13.0. The maximum absolute atomic E-state index is 13.0. The molecule has 226 valence electrons. The molecule has 0 aromatic heterocycles. The van der Waals surface area contributed by atoms with Crippen LogP contribution in [0.2, 0.25) is 5.02 Å². The average molecular weight is 656 g/mol. The van der Waals surface area contributed by atoms with Crippen LogP contribution in [-0.4, -0.2) is 56.8 Å². The number of hydrogen-bond donors (Lipinski definition) is 3. The molecule has 1 saturated heterocycles.